The highest BCUT2D eigenvalue weighted by molar-refractivity contribution is 7.90. The Balaban J connectivity index is 1.70. The van der Waals surface area contributed by atoms with E-state index in [-0.39, 0.29) is 23.2 Å². The predicted octanol–water partition coefficient (Wildman–Crippen LogP) is 1.39. The molecule has 0 radical (unpaired) electrons. The maximum absolute atomic E-state index is 12.4. The summed E-state index contributed by atoms with van der Waals surface area (Å²) >= 11 is 0. The van der Waals surface area contributed by atoms with E-state index in [0.29, 0.717) is 0 Å². The second-order valence-corrected chi connectivity index (χ2v) is 7.94. The van der Waals surface area contributed by atoms with Crippen LogP contribution in [0.4, 0.5) is 5.69 Å². The first-order valence-electron chi connectivity index (χ1n) is 8.38. The van der Waals surface area contributed by atoms with E-state index in [1.807, 2.05) is 4.72 Å². The molecule has 3 rings (SSSR count). The Morgan fingerprint density at radius 1 is 1.10 bits per heavy atom. The Morgan fingerprint density at radius 3 is 2.24 bits per heavy atom. The van der Waals surface area contributed by atoms with E-state index in [1.165, 1.54) is 25.1 Å². The monoisotopic (exact) mass is 417 g/mol. The van der Waals surface area contributed by atoms with Crippen LogP contribution in [0.3, 0.4) is 0 Å². The molecule has 29 heavy (non-hydrogen) atoms. The molecule has 11 heteroatoms. The number of hydrogen-bond donors (Lipinski definition) is 1. The minimum atomic E-state index is -4.36. The van der Waals surface area contributed by atoms with Crippen LogP contribution >= 0.6 is 0 Å². The van der Waals surface area contributed by atoms with Gasteiger partial charge in [0, 0.05) is 25.1 Å². The number of nitrogens with one attached hydrogen (secondary N) is 1. The van der Waals surface area contributed by atoms with Gasteiger partial charge in [-0.15, -0.1) is 0 Å². The normalized spacial score (nSPS) is 13.3. The van der Waals surface area contributed by atoms with Crippen molar-refractivity contribution >= 4 is 33.4 Å². The number of fused-ring (bicyclic) bond motifs is 1. The highest BCUT2D eigenvalue weighted by Crippen LogP contribution is 2.23. The van der Waals surface area contributed by atoms with Gasteiger partial charge < -0.3 is 0 Å². The van der Waals surface area contributed by atoms with Gasteiger partial charge in [0.15, 0.2) is 0 Å². The zero-order valence-electron chi connectivity index (χ0n) is 15.1. The van der Waals surface area contributed by atoms with E-state index >= 15 is 0 Å². The molecule has 150 valence electrons. The topological polar surface area (TPSA) is 144 Å². The number of carbonyl (C=O) groups excluding carboxylic acids is 3. The Hall–Kier alpha value is -3.60. The minimum Gasteiger partial charge on any atom is -0.274 e. The molecule has 0 unspecified atom stereocenters. The zero-order chi connectivity index (χ0) is 21.3. The number of nitro groups is 1. The Labute approximate surface area is 165 Å². The van der Waals surface area contributed by atoms with Crippen LogP contribution in [-0.2, 0) is 14.8 Å². The molecule has 0 atom stereocenters. The number of aryl methyl sites for hydroxylation is 1. The number of amides is 3. The van der Waals surface area contributed by atoms with Gasteiger partial charge in [0.2, 0.25) is 5.91 Å². The number of nitro benzene ring substituents is 1. The molecule has 1 heterocycles. The second kappa shape index (κ2) is 7.43. The first-order valence-corrected chi connectivity index (χ1v) is 9.86. The van der Waals surface area contributed by atoms with Crippen molar-refractivity contribution in [2.45, 2.75) is 18.2 Å². The first kappa shape index (κ1) is 20.1. The molecule has 0 bridgehead atoms. The van der Waals surface area contributed by atoms with Gasteiger partial charge in [0.1, 0.15) is 0 Å². The number of hydrogen-bond acceptors (Lipinski definition) is 7. The summed E-state index contributed by atoms with van der Waals surface area (Å²) in [7, 11) is -4.36. The van der Waals surface area contributed by atoms with Crippen molar-refractivity contribution < 1.29 is 27.7 Å². The number of non-ortho nitro benzene ring substituents is 1. The van der Waals surface area contributed by atoms with Gasteiger partial charge in [-0.1, -0.05) is 18.2 Å². The molecule has 2 aromatic carbocycles. The number of benzene rings is 2. The van der Waals surface area contributed by atoms with Crippen molar-refractivity contribution in [2.75, 3.05) is 6.54 Å². The lowest BCUT2D eigenvalue weighted by Crippen LogP contribution is -2.36. The molecule has 0 aromatic heterocycles. The maximum atomic E-state index is 12.4. The molecular weight excluding hydrogens is 402 g/mol. The standard InChI is InChI=1S/C18H15N3O7S/c1-11-6-7-12(21(25)26)10-15(11)29(27,28)19-16(22)8-9-20-17(23)13-4-2-3-5-14(13)18(20)24/h2-7,10H,8-9H2,1H3,(H,19,22). The van der Waals surface area contributed by atoms with Crippen LogP contribution in [0.25, 0.3) is 0 Å². The lowest BCUT2D eigenvalue weighted by atomic mass is 10.1. The van der Waals surface area contributed by atoms with Crippen LogP contribution < -0.4 is 4.72 Å². The quantitative estimate of drug-likeness (QED) is 0.425. The van der Waals surface area contributed by atoms with Crippen LogP contribution in [0.15, 0.2) is 47.4 Å². The van der Waals surface area contributed by atoms with Crippen molar-refractivity contribution in [3.63, 3.8) is 0 Å². The summed E-state index contributed by atoms with van der Waals surface area (Å²) in [6, 6.07) is 9.46. The average Bonchev–Trinajstić information content (AvgIpc) is 2.90. The van der Waals surface area contributed by atoms with Crippen LogP contribution in [0, 0.1) is 17.0 Å². The fourth-order valence-electron chi connectivity index (χ4n) is 2.90. The van der Waals surface area contributed by atoms with E-state index in [9.17, 15) is 32.9 Å². The zero-order valence-corrected chi connectivity index (χ0v) is 15.9. The highest BCUT2D eigenvalue weighted by Gasteiger charge is 2.35. The summed E-state index contributed by atoms with van der Waals surface area (Å²) in [6.45, 7) is 1.13. The molecular formula is C18H15N3O7S. The van der Waals surface area contributed by atoms with Crippen molar-refractivity contribution in [3.05, 3.63) is 69.3 Å². The number of imide groups is 1. The number of rotatable bonds is 6. The van der Waals surface area contributed by atoms with E-state index in [2.05, 4.69) is 0 Å². The Morgan fingerprint density at radius 2 is 1.69 bits per heavy atom. The van der Waals surface area contributed by atoms with E-state index in [0.717, 1.165) is 17.0 Å². The van der Waals surface area contributed by atoms with Gasteiger partial charge in [-0.2, -0.15) is 0 Å². The molecule has 1 aliphatic heterocycles. The number of nitrogens with zero attached hydrogens (tertiary/aromatic N) is 2. The molecule has 1 aliphatic rings. The van der Waals surface area contributed by atoms with Crippen molar-refractivity contribution in [1.29, 1.82) is 0 Å². The number of carbonyl (C=O) groups is 3. The molecule has 2 aromatic rings. The van der Waals surface area contributed by atoms with Crippen molar-refractivity contribution in [3.8, 4) is 0 Å². The molecule has 0 spiro atoms. The largest absolute Gasteiger partial charge is 0.274 e. The molecule has 0 saturated carbocycles. The smallest absolute Gasteiger partial charge is 0.270 e. The number of sulfonamides is 1. The maximum Gasteiger partial charge on any atom is 0.270 e. The second-order valence-electron chi connectivity index (χ2n) is 6.29. The molecule has 0 aliphatic carbocycles. The fourth-order valence-corrected chi connectivity index (χ4v) is 4.18. The summed E-state index contributed by atoms with van der Waals surface area (Å²) in [6.07, 6.45) is -0.446. The SMILES string of the molecule is Cc1ccc([N+](=O)[O-])cc1S(=O)(=O)NC(=O)CCN1C(=O)c2ccccc2C1=O. The van der Waals surface area contributed by atoms with E-state index < -0.39 is 49.7 Å². The van der Waals surface area contributed by atoms with E-state index in [4.69, 9.17) is 0 Å². The van der Waals surface area contributed by atoms with Gasteiger partial charge in [-0.3, -0.25) is 29.4 Å². The summed E-state index contributed by atoms with van der Waals surface area (Å²) in [4.78, 5) is 47.3. The predicted molar refractivity (Wildman–Crippen MR) is 99.6 cm³/mol. The molecule has 0 fully saturated rings. The van der Waals surface area contributed by atoms with Crippen molar-refractivity contribution in [1.82, 2.24) is 9.62 Å². The van der Waals surface area contributed by atoms with E-state index in [1.54, 1.807) is 12.1 Å². The molecule has 10 nitrogen and oxygen atoms in total. The van der Waals surface area contributed by atoms with Gasteiger partial charge in [-0.05, 0) is 24.6 Å². The van der Waals surface area contributed by atoms with Crippen LogP contribution in [0.1, 0.15) is 32.7 Å². The third-order valence-corrected chi connectivity index (χ3v) is 5.88. The lowest BCUT2D eigenvalue weighted by Gasteiger charge is -2.14. The lowest BCUT2D eigenvalue weighted by molar-refractivity contribution is -0.385. The van der Waals surface area contributed by atoms with Gasteiger partial charge >= 0.3 is 0 Å². The summed E-state index contributed by atoms with van der Waals surface area (Å²) in [5, 5.41) is 10.9. The molecule has 1 N–H and O–H groups in total. The Bertz CT molecular complexity index is 1120. The minimum absolute atomic E-state index is 0.219. The molecule has 0 saturated heterocycles. The van der Waals surface area contributed by atoms with Crippen LogP contribution in [-0.4, -0.2) is 42.5 Å². The fraction of sp³-hybridized carbons (Fsp3) is 0.167. The Kier molecular flexibility index (Phi) is 5.16. The van der Waals surface area contributed by atoms with Gasteiger partial charge in [0.25, 0.3) is 27.5 Å². The average molecular weight is 417 g/mol. The third-order valence-electron chi connectivity index (χ3n) is 4.36. The summed E-state index contributed by atoms with van der Waals surface area (Å²) < 4.78 is 26.7. The van der Waals surface area contributed by atoms with Gasteiger partial charge in [-0.25, -0.2) is 13.1 Å². The van der Waals surface area contributed by atoms with Crippen molar-refractivity contribution in [2.24, 2.45) is 0 Å². The summed E-state index contributed by atoms with van der Waals surface area (Å²) in [5.41, 5.74) is 0.223. The summed E-state index contributed by atoms with van der Waals surface area (Å²) in [5.74, 6) is -2.07. The molecule has 3 amide bonds. The van der Waals surface area contributed by atoms with Gasteiger partial charge in [0.05, 0.1) is 20.9 Å². The third kappa shape index (κ3) is 3.85. The highest BCUT2D eigenvalue weighted by atomic mass is 32.2. The van der Waals surface area contributed by atoms with Crippen LogP contribution in [0.2, 0.25) is 0 Å². The van der Waals surface area contributed by atoms with Crippen LogP contribution in [0.5, 0.6) is 0 Å². The first-order chi connectivity index (χ1) is 13.6.